The molecule has 0 aliphatic carbocycles. The maximum absolute atomic E-state index is 11.9. The number of carboxylic acid groups (broad SMARTS) is 1. The minimum Gasteiger partial charge on any atom is -0.494 e. The molecule has 0 saturated carbocycles. The summed E-state index contributed by atoms with van der Waals surface area (Å²) in [7, 11) is 0. The van der Waals surface area contributed by atoms with E-state index >= 15 is 0 Å². The number of hydrogen-bond acceptors (Lipinski definition) is 5. The molecule has 1 aromatic carbocycles. The first-order valence-corrected chi connectivity index (χ1v) is 7.46. The van der Waals surface area contributed by atoms with Gasteiger partial charge in [0, 0.05) is 13.0 Å². The highest BCUT2D eigenvalue weighted by Gasteiger charge is 2.36. The highest BCUT2D eigenvalue weighted by Crippen LogP contribution is 2.34. The Labute approximate surface area is 125 Å². The van der Waals surface area contributed by atoms with Crippen molar-refractivity contribution in [2.75, 3.05) is 18.1 Å². The number of nitrogens with zero attached hydrogens (tertiary/aromatic N) is 2. The Morgan fingerprint density at radius 1 is 1.57 bits per heavy atom. The summed E-state index contributed by atoms with van der Waals surface area (Å²) in [6, 6.07) is 5.56. The number of anilines is 1. The quantitative estimate of drug-likeness (QED) is 0.936. The number of rotatable bonds is 4. The van der Waals surface area contributed by atoms with E-state index in [0.717, 1.165) is 16.0 Å². The Bertz CT molecular complexity index is 712. The fourth-order valence-corrected chi connectivity index (χ4v) is 3.34. The summed E-state index contributed by atoms with van der Waals surface area (Å²) in [5.41, 5.74) is 0.782. The number of benzene rings is 1. The number of carbonyl (C=O) groups excluding carboxylic acids is 1. The van der Waals surface area contributed by atoms with E-state index in [2.05, 4.69) is 4.98 Å². The summed E-state index contributed by atoms with van der Waals surface area (Å²) < 4.78 is 6.36. The van der Waals surface area contributed by atoms with Gasteiger partial charge in [-0.05, 0) is 25.1 Å². The van der Waals surface area contributed by atoms with Crippen molar-refractivity contribution in [3.8, 4) is 5.75 Å². The van der Waals surface area contributed by atoms with Crippen LogP contribution < -0.4 is 9.64 Å². The summed E-state index contributed by atoms with van der Waals surface area (Å²) in [6.07, 6.45) is 0.0372. The zero-order chi connectivity index (χ0) is 15.0. The first-order chi connectivity index (χ1) is 10.1. The van der Waals surface area contributed by atoms with Crippen molar-refractivity contribution < 1.29 is 19.4 Å². The molecule has 1 amide bonds. The zero-order valence-corrected chi connectivity index (χ0v) is 12.2. The first-order valence-electron chi connectivity index (χ1n) is 6.65. The minimum atomic E-state index is -0.939. The number of amides is 1. The molecule has 0 unspecified atom stereocenters. The average molecular weight is 306 g/mol. The van der Waals surface area contributed by atoms with Crippen LogP contribution in [0.3, 0.4) is 0 Å². The van der Waals surface area contributed by atoms with Crippen molar-refractivity contribution in [1.82, 2.24) is 4.98 Å². The standard InChI is InChI=1S/C14H14N2O4S/c1-2-20-9-3-4-10-11(6-9)21-14(15-10)16-7-8(13(18)19)5-12(16)17/h3-4,6,8H,2,5,7H2,1H3,(H,18,19)/t8-/m0/s1. The Balaban J connectivity index is 1.90. The maximum Gasteiger partial charge on any atom is 0.308 e. The van der Waals surface area contributed by atoms with Crippen LogP contribution in [0.4, 0.5) is 5.13 Å². The van der Waals surface area contributed by atoms with Gasteiger partial charge in [0.2, 0.25) is 5.91 Å². The zero-order valence-electron chi connectivity index (χ0n) is 11.4. The molecule has 7 heteroatoms. The van der Waals surface area contributed by atoms with E-state index in [1.54, 1.807) is 0 Å². The number of carboxylic acids is 1. The predicted molar refractivity (Wildman–Crippen MR) is 78.9 cm³/mol. The molecule has 0 bridgehead atoms. The number of aliphatic carboxylic acids is 1. The molecule has 0 radical (unpaired) electrons. The van der Waals surface area contributed by atoms with Gasteiger partial charge in [-0.2, -0.15) is 0 Å². The Morgan fingerprint density at radius 2 is 2.38 bits per heavy atom. The summed E-state index contributed by atoms with van der Waals surface area (Å²) in [6.45, 7) is 2.69. The van der Waals surface area contributed by atoms with Crippen molar-refractivity contribution in [2.45, 2.75) is 13.3 Å². The fourth-order valence-electron chi connectivity index (χ4n) is 2.32. The van der Waals surface area contributed by atoms with Gasteiger partial charge in [-0.15, -0.1) is 0 Å². The molecular formula is C14H14N2O4S. The third-order valence-electron chi connectivity index (χ3n) is 3.36. The van der Waals surface area contributed by atoms with Crippen LogP contribution in [0.2, 0.25) is 0 Å². The summed E-state index contributed by atoms with van der Waals surface area (Å²) >= 11 is 1.37. The number of thiazole rings is 1. The van der Waals surface area contributed by atoms with Gasteiger partial charge in [0.1, 0.15) is 5.75 Å². The van der Waals surface area contributed by atoms with Gasteiger partial charge in [0.05, 0.1) is 22.7 Å². The van der Waals surface area contributed by atoms with E-state index in [0.29, 0.717) is 11.7 Å². The second kappa shape index (κ2) is 5.33. The van der Waals surface area contributed by atoms with Crippen LogP contribution in [0.1, 0.15) is 13.3 Å². The lowest BCUT2D eigenvalue weighted by atomic mass is 10.1. The number of aromatic nitrogens is 1. The second-order valence-corrected chi connectivity index (χ2v) is 5.81. The Kier molecular flexibility index (Phi) is 3.50. The maximum atomic E-state index is 11.9. The van der Waals surface area contributed by atoms with Gasteiger partial charge >= 0.3 is 5.97 Å². The molecule has 1 aromatic heterocycles. The number of fused-ring (bicyclic) bond motifs is 1. The van der Waals surface area contributed by atoms with Crippen molar-refractivity contribution in [3.63, 3.8) is 0 Å². The molecule has 2 heterocycles. The average Bonchev–Trinajstić information content (AvgIpc) is 3.01. The van der Waals surface area contributed by atoms with Crippen LogP contribution in [0.25, 0.3) is 10.2 Å². The molecule has 2 aromatic rings. The van der Waals surface area contributed by atoms with Crippen molar-refractivity contribution in [2.24, 2.45) is 5.92 Å². The van der Waals surface area contributed by atoms with Crippen molar-refractivity contribution in [3.05, 3.63) is 18.2 Å². The second-order valence-electron chi connectivity index (χ2n) is 4.80. The molecule has 1 saturated heterocycles. The molecule has 3 rings (SSSR count). The van der Waals surface area contributed by atoms with Gasteiger partial charge in [0.15, 0.2) is 5.13 Å². The van der Waals surface area contributed by atoms with E-state index in [4.69, 9.17) is 9.84 Å². The van der Waals surface area contributed by atoms with Gasteiger partial charge in [-0.3, -0.25) is 14.5 Å². The van der Waals surface area contributed by atoms with E-state index in [1.807, 2.05) is 25.1 Å². The van der Waals surface area contributed by atoms with Gasteiger partial charge < -0.3 is 9.84 Å². The molecule has 1 fully saturated rings. The first kappa shape index (κ1) is 13.8. The summed E-state index contributed by atoms with van der Waals surface area (Å²) in [5, 5.41) is 9.57. The van der Waals surface area contributed by atoms with Crippen molar-refractivity contribution >= 4 is 38.6 Å². The normalized spacial score (nSPS) is 18.4. The van der Waals surface area contributed by atoms with Crippen LogP contribution in [0.5, 0.6) is 5.75 Å². The third kappa shape index (κ3) is 2.56. The number of hydrogen-bond donors (Lipinski definition) is 1. The van der Waals surface area contributed by atoms with E-state index in [-0.39, 0.29) is 18.9 Å². The van der Waals surface area contributed by atoms with Crippen molar-refractivity contribution in [1.29, 1.82) is 0 Å². The smallest absolute Gasteiger partial charge is 0.308 e. The number of ether oxygens (including phenoxy) is 1. The van der Waals surface area contributed by atoms with Gasteiger partial charge in [-0.1, -0.05) is 11.3 Å². The van der Waals surface area contributed by atoms with Crippen LogP contribution >= 0.6 is 11.3 Å². The highest BCUT2D eigenvalue weighted by molar-refractivity contribution is 7.22. The predicted octanol–water partition coefficient (Wildman–Crippen LogP) is 2.13. The summed E-state index contributed by atoms with van der Waals surface area (Å²) in [4.78, 5) is 28.8. The topological polar surface area (TPSA) is 79.7 Å². The molecule has 6 nitrogen and oxygen atoms in total. The van der Waals surface area contributed by atoms with E-state index in [1.165, 1.54) is 16.2 Å². The Morgan fingerprint density at radius 3 is 3.05 bits per heavy atom. The van der Waals surface area contributed by atoms with E-state index < -0.39 is 11.9 Å². The molecule has 1 atom stereocenters. The molecule has 21 heavy (non-hydrogen) atoms. The minimum absolute atomic E-state index is 0.0372. The van der Waals surface area contributed by atoms with Gasteiger partial charge in [-0.25, -0.2) is 4.98 Å². The van der Waals surface area contributed by atoms with Crippen LogP contribution in [-0.2, 0) is 9.59 Å². The lowest BCUT2D eigenvalue weighted by Crippen LogP contribution is -2.25. The summed E-state index contributed by atoms with van der Waals surface area (Å²) in [5.74, 6) is -1.02. The fraction of sp³-hybridized carbons (Fsp3) is 0.357. The third-order valence-corrected chi connectivity index (χ3v) is 4.41. The molecule has 0 spiro atoms. The SMILES string of the molecule is CCOc1ccc2nc(N3C[C@@H](C(=O)O)CC3=O)sc2c1. The molecule has 110 valence electrons. The molecular weight excluding hydrogens is 292 g/mol. The lowest BCUT2D eigenvalue weighted by molar-refractivity contribution is -0.141. The highest BCUT2D eigenvalue weighted by atomic mass is 32.1. The van der Waals surface area contributed by atoms with Crippen LogP contribution in [0, 0.1) is 5.92 Å². The molecule has 1 aliphatic rings. The van der Waals surface area contributed by atoms with E-state index in [9.17, 15) is 9.59 Å². The molecule has 1 aliphatic heterocycles. The monoisotopic (exact) mass is 306 g/mol. The largest absolute Gasteiger partial charge is 0.494 e. The van der Waals surface area contributed by atoms with Crippen LogP contribution in [0.15, 0.2) is 18.2 Å². The lowest BCUT2D eigenvalue weighted by Gasteiger charge is -2.10. The van der Waals surface area contributed by atoms with Gasteiger partial charge in [0.25, 0.3) is 0 Å². The number of carbonyl (C=O) groups is 2. The van der Waals surface area contributed by atoms with Crippen LogP contribution in [-0.4, -0.2) is 35.1 Å². The Hall–Kier alpha value is -2.15. The molecule has 1 N–H and O–H groups in total.